The summed E-state index contributed by atoms with van der Waals surface area (Å²) in [4.78, 5) is 14.3. The fraction of sp³-hybridized carbons (Fsp3) is 0.357. The van der Waals surface area contributed by atoms with Crippen LogP contribution < -0.4 is 0 Å². The van der Waals surface area contributed by atoms with Crippen molar-refractivity contribution in [3.8, 4) is 0 Å². The average molecular weight is 436 g/mol. The molecule has 0 aliphatic carbocycles. The summed E-state index contributed by atoms with van der Waals surface area (Å²) in [5.74, 6) is 0.0816. The van der Waals surface area contributed by atoms with Crippen molar-refractivity contribution in [2.45, 2.75) is 6.42 Å². The smallest absolute Gasteiger partial charge is 0.255 e. The first-order chi connectivity index (χ1) is 9.11. The summed E-state index contributed by atoms with van der Waals surface area (Å²) < 4.78 is 7.03. The maximum atomic E-state index is 12.5. The molecular formula is C14H15BrINO2. The molecule has 0 saturated heterocycles. The molecule has 0 bridgehead atoms. The molecule has 102 valence electrons. The Morgan fingerprint density at radius 3 is 2.95 bits per heavy atom. The van der Waals surface area contributed by atoms with Crippen LogP contribution in [0.25, 0.3) is 0 Å². The van der Waals surface area contributed by atoms with Crippen LogP contribution in [0.3, 0.4) is 0 Å². The number of methoxy groups -OCH3 is 1. The second-order valence-corrected chi connectivity index (χ2v) is 6.52. The predicted molar refractivity (Wildman–Crippen MR) is 87.3 cm³/mol. The first kappa shape index (κ1) is 15.0. The van der Waals surface area contributed by atoms with Crippen molar-refractivity contribution < 1.29 is 9.53 Å². The molecule has 0 spiro atoms. The summed E-state index contributed by atoms with van der Waals surface area (Å²) in [6.45, 7) is 2.08. The molecule has 0 aromatic heterocycles. The van der Waals surface area contributed by atoms with E-state index in [4.69, 9.17) is 4.74 Å². The number of hydrogen-bond donors (Lipinski definition) is 0. The molecule has 1 heterocycles. The summed E-state index contributed by atoms with van der Waals surface area (Å²) >= 11 is 5.67. The lowest BCUT2D eigenvalue weighted by molar-refractivity contribution is 0.0764. The Bertz CT molecular complexity index is 516. The van der Waals surface area contributed by atoms with Gasteiger partial charge in [0.25, 0.3) is 5.91 Å². The lowest BCUT2D eigenvalue weighted by Gasteiger charge is -2.26. The number of carbonyl (C=O) groups excluding carboxylic acids is 1. The number of carbonyl (C=O) groups is 1. The summed E-state index contributed by atoms with van der Waals surface area (Å²) in [6.07, 6.45) is 2.98. The first-order valence-corrected chi connectivity index (χ1v) is 7.90. The topological polar surface area (TPSA) is 29.5 Å². The minimum Gasteiger partial charge on any atom is -0.380 e. The summed E-state index contributed by atoms with van der Waals surface area (Å²) in [6, 6.07) is 5.82. The number of benzene rings is 1. The second kappa shape index (κ2) is 6.85. The zero-order valence-corrected chi connectivity index (χ0v) is 14.4. The number of ether oxygens (including phenoxy) is 1. The van der Waals surface area contributed by atoms with Gasteiger partial charge in [-0.15, -0.1) is 0 Å². The first-order valence-electron chi connectivity index (χ1n) is 6.03. The number of hydrogen-bond acceptors (Lipinski definition) is 2. The van der Waals surface area contributed by atoms with Crippen molar-refractivity contribution in [2.75, 3.05) is 26.8 Å². The van der Waals surface area contributed by atoms with Gasteiger partial charge in [0.15, 0.2) is 0 Å². The quantitative estimate of drug-likeness (QED) is 0.537. The largest absolute Gasteiger partial charge is 0.380 e. The van der Waals surface area contributed by atoms with Crippen LogP contribution in [-0.4, -0.2) is 37.6 Å². The molecule has 0 atom stereocenters. The SMILES string of the molecule is COCC1=CCN(C(=O)c2cc(I)ccc2Br)CC1. The Morgan fingerprint density at radius 2 is 2.32 bits per heavy atom. The maximum absolute atomic E-state index is 12.5. The van der Waals surface area contributed by atoms with Gasteiger partial charge in [0, 0.05) is 28.2 Å². The number of amides is 1. The molecule has 0 radical (unpaired) electrons. The molecule has 1 aromatic carbocycles. The highest BCUT2D eigenvalue weighted by Crippen LogP contribution is 2.22. The Hall–Kier alpha value is -0.400. The molecule has 5 heteroatoms. The molecule has 1 aromatic rings. The molecule has 1 aliphatic heterocycles. The summed E-state index contributed by atoms with van der Waals surface area (Å²) in [7, 11) is 1.70. The van der Waals surface area contributed by atoms with E-state index in [9.17, 15) is 4.79 Å². The Kier molecular flexibility index (Phi) is 5.41. The lowest BCUT2D eigenvalue weighted by atomic mass is 10.1. The lowest BCUT2D eigenvalue weighted by Crippen LogP contribution is -2.35. The Labute approximate surface area is 135 Å². The highest BCUT2D eigenvalue weighted by atomic mass is 127. The fourth-order valence-corrected chi connectivity index (χ4v) is 2.95. The van der Waals surface area contributed by atoms with Gasteiger partial charge in [-0.1, -0.05) is 6.08 Å². The van der Waals surface area contributed by atoms with E-state index in [1.807, 2.05) is 23.1 Å². The average Bonchev–Trinajstić information content (AvgIpc) is 2.42. The van der Waals surface area contributed by atoms with Crippen molar-refractivity contribution in [1.29, 1.82) is 0 Å². The summed E-state index contributed by atoms with van der Waals surface area (Å²) in [5, 5.41) is 0. The van der Waals surface area contributed by atoms with Crippen LogP contribution in [0.1, 0.15) is 16.8 Å². The Balaban J connectivity index is 2.11. The van der Waals surface area contributed by atoms with Crippen LogP contribution in [0.4, 0.5) is 0 Å². The third-order valence-electron chi connectivity index (χ3n) is 3.08. The zero-order valence-electron chi connectivity index (χ0n) is 10.7. The third kappa shape index (κ3) is 3.79. The summed E-state index contributed by atoms with van der Waals surface area (Å²) in [5.41, 5.74) is 2.00. The van der Waals surface area contributed by atoms with Crippen LogP contribution in [0.2, 0.25) is 0 Å². The van der Waals surface area contributed by atoms with Crippen LogP contribution in [0.5, 0.6) is 0 Å². The van der Waals surface area contributed by atoms with E-state index in [2.05, 4.69) is 44.6 Å². The molecule has 0 fully saturated rings. The monoisotopic (exact) mass is 435 g/mol. The van der Waals surface area contributed by atoms with E-state index in [-0.39, 0.29) is 5.91 Å². The maximum Gasteiger partial charge on any atom is 0.255 e. The number of rotatable bonds is 3. The normalized spacial score (nSPS) is 15.3. The van der Waals surface area contributed by atoms with Gasteiger partial charge in [-0.3, -0.25) is 4.79 Å². The van der Waals surface area contributed by atoms with Crippen LogP contribution in [-0.2, 0) is 4.74 Å². The van der Waals surface area contributed by atoms with Gasteiger partial charge in [-0.05, 0) is 68.7 Å². The minimum atomic E-state index is 0.0816. The van der Waals surface area contributed by atoms with Crippen LogP contribution in [0.15, 0.2) is 34.3 Å². The van der Waals surface area contributed by atoms with Gasteiger partial charge in [0.05, 0.1) is 12.2 Å². The van der Waals surface area contributed by atoms with Crippen molar-refractivity contribution in [1.82, 2.24) is 4.90 Å². The van der Waals surface area contributed by atoms with Crippen LogP contribution in [0, 0.1) is 3.57 Å². The van der Waals surface area contributed by atoms with Crippen molar-refractivity contribution in [3.63, 3.8) is 0 Å². The van der Waals surface area contributed by atoms with Gasteiger partial charge < -0.3 is 9.64 Å². The molecule has 1 amide bonds. The molecule has 3 nitrogen and oxygen atoms in total. The molecule has 0 saturated carbocycles. The predicted octanol–water partition coefficient (Wildman–Crippen LogP) is 3.47. The fourth-order valence-electron chi connectivity index (χ4n) is 2.04. The highest BCUT2D eigenvalue weighted by Gasteiger charge is 2.20. The van der Waals surface area contributed by atoms with E-state index in [1.54, 1.807) is 7.11 Å². The number of nitrogens with zero attached hydrogens (tertiary/aromatic N) is 1. The zero-order chi connectivity index (χ0) is 13.8. The van der Waals surface area contributed by atoms with Gasteiger partial charge in [0.1, 0.15) is 0 Å². The van der Waals surface area contributed by atoms with Gasteiger partial charge in [-0.2, -0.15) is 0 Å². The van der Waals surface area contributed by atoms with Crippen molar-refractivity contribution in [3.05, 3.63) is 43.5 Å². The Morgan fingerprint density at radius 1 is 1.53 bits per heavy atom. The molecule has 1 aliphatic rings. The molecule has 19 heavy (non-hydrogen) atoms. The highest BCUT2D eigenvalue weighted by molar-refractivity contribution is 14.1. The van der Waals surface area contributed by atoms with E-state index >= 15 is 0 Å². The molecule has 0 unspecified atom stereocenters. The second-order valence-electron chi connectivity index (χ2n) is 4.42. The molecular weight excluding hydrogens is 421 g/mol. The van der Waals surface area contributed by atoms with Crippen molar-refractivity contribution >= 4 is 44.4 Å². The van der Waals surface area contributed by atoms with Crippen molar-refractivity contribution in [2.24, 2.45) is 0 Å². The molecule has 2 rings (SSSR count). The van der Waals surface area contributed by atoms with Gasteiger partial charge in [0.2, 0.25) is 0 Å². The van der Waals surface area contributed by atoms with Gasteiger partial charge >= 0.3 is 0 Å². The van der Waals surface area contributed by atoms with Crippen LogP contribution >= 0.6 is 38.5 Å². The van der Waals surface area contributed by atoms with E-state index in [0.29, 0.717) is 13.2 Å². The standard InChI is InChI=1S/C14H15BrINO2/c1-19-9-10-4-6-17(7-5-10)14(18)12-8-11(16)2-3-13(12)15/h2-4,8H,5-7,9H2,1H3. The van der Waals surface area contributed by atoms with E-state index in [0.717, 1.165) is 26.6 Å². The van der Waals surface area contributed by atoms with E-state index in [1.165, 1.54) is 5.57 Å². The molecule has 0 N–H and O–H groups in total. The minimum absolute atomic E-state index is 0.0816. The van der Waals surface area contributed by atoms with E-state index < -0.39 is 0 Å². The number of halogens is 2. The van der Waals surface area contributed by atoms with Gasteiger partial charge in [-0.25, -0.2) is 0 Å². The third-order valence-corrected chi connectivity index (χ3v) is 4.44.